The van der Waals surface area contributed by atoms with E-state index in [4.69, 9.17) is 11.6 Å². The van der Waals surface area contributed by atoms with Crippen LogP contribution in [-0.2, 0) is 19.3 Å². The van der Waals surface area contributed by atoms with Gasteiger partial charge < -0.3 is 9.67 Å². The normalized spacial score (nSPS) is 12.1. The second kappa shape index (κ2) is 6.31. The molecule has 1 aromatic carbocycles. The van der Waals surface area contributed by atoms with Crippen molar-refractivity contribution in [1.82, 2.24) is 14.5 Å². The van der Waals surface area contributed by atoms with Crippen molar-refractivity contribution in [3.63, 3.8) is 0 Å². The van der Waals surface area contributed by atoms with E-state index in [-0.39, 0.29) is 18.2 Å². The summed E-state index contributed by atoms with van der Waals surface area (Å²) in [5.41, 5.74) is 2.64. The Hall–Kier alpha value is -2.12. The predicted molar refractivity (Wildman–Crippen MR) is 88.5 cm³/mol. The van der Waals surface area contributed by atoms with E-state index in [9.17, 15) is 18.3 Å². The molecular weight excluding hydrogens is 355 g/mol. The average molecular weight is 370 g/mol. The third-order valence-electron chi connectivity index (χ3n) is 4.03. The Bertz CT molecular complexity index is 950. The molecule has 0 aliphatic heterocycles. The number of fused-ring (bicyclic) bond motifs is 1. The molecule has 0 saturated heterocycles. The molecular formula is C17H15ClF3N3O. The first-order chi connectivity index (χ1) is 11.7. The van der Waals surface area contributed by atoms with Crippen LogP contribution < -0.4 is 0 Å². The highest BCUT2D eigenvalue weighted by molar-refractivity contribution is 6.31. The van der Waals surface area contributed by atoms with Gasteiger partial charge in [0.05, 0.1) is 40.5 Å². The Morgan fingerprint density at radius 1 is 1.20 bits per heavy atom. The van der Waals surface area contributed by atoms with Crippen LogP contribution in [0.4, 0.5) is 13.2 Å². The predicted octanol–water partition coefficient (Wildman–Crippen LogP) is 4.26. The molecule has 8 heteroatoms. The van der Waals surface area contributed by atoms with Crippen molar-refractivity contribution in [2.24, 2.45) is 0 Å². The SMILES string of the molecule is Cc1cc(CO)cc2c1nc(C)n2Cc1ncc(C(F)(F)F)cc1Cl. The van der Waals surface area contributed by atoms with Gasteiger partial charge in [0.15, 0.2) is 0 Å². The van der Waals surface area contributed by atoms with Gasteiger partial charge in [-0.2, -0.15) is 13.2 Å². The molecule has 0 saturated carbocycles. The van der Waals surface area contributed by atoms with Gasteiger partial charge in [-0.15, -0.1) is 0 Å². The number of aromatic nitrogens is 3. The number of hydrogen-bond acceptors (Lipinski definition) is 3. The zero-order chi connectivity index (χ0) is 18.4. The van der Waals surface area contributed by atoms with Gasteiger partial charge in [-0.3, -0.25) is 4.98 Å². The van der Waals surface area contributed by atoms with Crippen molar-refractivity contribution >= 4 is 22.6 Å². The maximum absolute atomic E-state index is 12.7. The van der Waals surface area contributed by atoms with Gasteiger partial charge in [0.25, 0.3) is 0 Å². The minimum absolute atomic E-state index is 0.0499. The summed E-state index contributed by atoms with van der Waals surface area (Å²) in [6.07, 6.45) is -3.71. The number of alkyl halides is 3. The number of aliphatic hydroxyl groups is 1. The van der Waals surface area contributed by atoms with E-state index in [0.717, 1.165) is 34.4 Å². The molecule has 2 heterocycles. The van der Waals surface area contributed by atoms with Crippen LogP contribution in [0.1, 0.15) is 28.2 Å². The standard InChI is InChI=1S/C17H15ClF3N3O/c1-9-3-11(8-25)4-15-16(9)23-10(2)24(15)7-14-13(18)5-12(6-22-14)17(19,20)21/h3-6,25H,7-8H2,1-2H3. The molecule has 2 aromatic heterocycles. The summed E-state index contributed by atoms with van der Waals surface area (Å²) in [5.74, 6) is 0.686. The van der Waals surface area contributed by atoms with Gasteiger partial charge in [0.2, 0.25) is 0 Å². The highest BCUT2D eigenvalue weighted by atomic mass is 35.5. The number of pyridine rings is 1. The van der Waals surface area contributed by atoms with Crippen molar-refractivity contribution < 1.29 is 18.3 Å². The number of halogens is 4. The first-order valence-electron chi connectivity index (χ1n) is 7.49. The zero-order valence-electron chi connectivity index (χ0n) is 13.5. The molecule has 1 N–H and O–H groups in total. The van der Waals surface area contributed by atoms with E-state index in [2.05, 4.69) is 9.97 Å². The summed E-state index contributed by atoms with van der Waals surface area (Å²) >= 11 is 6.01. The Balaban J connectivity index is 2.06. The number of aliphatic hydroxyl groups excluding tert-OH is 1. The van der Waals surface area contributed by atoms with Crippen LogP contribution in [-0.4, -0.2) is 19.6 Å². The van der Waals surface area contributed by atoms with E-state index in [0.29, 0.717) is 11.5 Å². The summed E-state index contributed by atoms with van der Waals surface area (Å²) < 4.78 is 40.0. The Morgan fingerprint density at radius 2 is 1.92 bits per heavy atom. The van der Waals surface area contributed by atoms with Crippen LogP contribution in [0.15, 0.2) is 24.4 Å². The molecule has 0 unspecified atom stereocenters. The first-order valence-corrected chi connectivity index (χ1v) is 7.87. The molecule has 0 aliphatic carbocycles. The quantitative estimate of drug-likeness (QED) is 0.750. The summed E-state index contributed by atoms with van der Waals surface area (Å²) in [6.45, 7) is 3.77. The average Bonchev–Trinajstić information content (AvgIpc) is 2.85. The molecule has 132 valence electrons. The fourth-order valence-electron chi connectivity index (χ4n) is 2.76. The smallest absolute Gasteiger partial charge is 0.392 e. The molecule has 0 atom stereocenters. The molecule has 0 spiro atoms. The minimum atomic E-state index is -4.49. The maximum atomic E-state index is 12.7. The lowest BCUT2D eigenvalue weighted by Gasteiger charge is -2.11. The summed E-state index contributed by atoms with van der Waals surface area (Å²) in [4.78, 5) is 8.38. The fraction of sp³-hybridized carbons (Fsp3) is 0.294. The number of rotatable bonds is 3. The van der Waals surface area contributed by atoms with Crippen LogP contribution in [0.5, 0.6) is 0 Å². The number of imidazole rings is 1. The second-order valence-corrected chi connectivity index (χ2v) is 6.24. The highest BCUT2D eigenvalue weighted by Gasteiger charge is 2.31. The number of nitrogens with zero attached hydrogens (tertiary/aromatic N) is 3. The van der Waals surface area contributed by atoms with Crippen LogP contribution in [0.25, 0.3) is 11.0 Å². The van der Waals surface area contributed by atoms with Gasteiger partial charge in [0.1, 0.15) is 5.82 Å². The van der Waals surface area contributed by atoms with Crippen molar-refractivity contribution in [2.45, 2.75) is 33.2 Å². The Labute approximate surface area is 146 Å². The van der Waals surface area contributed by atoms with Gasteiger partial charge in [-0.1, -0.05) is 17.7 Å². The number of aryl methyl sites for hydroxylation is 2. The van der Waals surface area contributed by atoms with Gasteiger partial charge in [-0.25, -0.2) is 4.98 Å². The molecule has 4 nitrogen and oxygen atoms in total. The Kier molecular flexibility index (Phi) is 4.47. The van der Waals surface area contributed by atoms with Gasteiger partial charge in [-0.05, 0) is 37.1 Å². The van der Waals surface area contributed by atoms with Gasteiger partial charge in [0, 0.05) is 6.20 Å². The molecule has 0 bridgehead atoms. The van der Waals surface area contributed by atoms with Crippen molar-refractivity contribution in [1.29, 1.82) is 0 Å². The molecule has 0 radical (unpaired) electrons. The lowest BCUT2D eigenvalue weighted by Crippen LogP contribution is -2.09. The van der Waals surface area contributed by atoms with Crippen LogP contribution in [0.2, 0.25) is 5.02 Å². The highest BCUT2D eigenvalue weighted by Crippen LogP contribution is 2.31. The third kappa shape index (κ3) is 3.34. The first kappa shape index (κ1) is 17.7. The van der Waals surface area contributed by atoms with E-state index < -0.39 is 11.7 Å². The van der Waals surface area contributed by atoms with Gasteiger partial charge >= 0.3 is 6.18 Å². The second-order valence-electron chi connectivity index (χ2n) is 5.83. The fourth-order valence-corrected chi connectivity index (χ4v) is 2.99. The lowest BCUT2D eigenvalue weighted by molar-refractivity contribution is -0.137. The summed E-state index contributed by atoms with van der Waals surface area (Å²) in [6, 6.07) is 4.53. The molecule has 0 amide bonds. The largest absolute Gasteiger partial charge is 0.417 e. The summed E-state index contributed by atoms with van der Waals surface area (Å²) in [7, 11) is 0. The molecule has 3 rings (SSSR count). The molecule has 0 aliphatic rings. The van der Waals surface area contributed by atoms with E-state index >= 15 is 0 Å². The minimum Gasteiger partial charge on any atom is -0.392 e. The molecule has 3 aromatic rings. The topological polar surface area (TPSA) is 50.9 Å². The van der Waals surface area contributed by atoms with Crippen LogP contribution in [0.3, 0.4) is 0 Å². The third-order valence-corrected chi connectivity index (χ3v) is 4.36. The van der Waals surface area contributed by atoms with E-state index in [1.54, 1.807) is 13.0 Å². The number of hydrogen-bond donors (Lipinski definition) is 1. The van der Waals surface area contributed by atoms with Crippen LogP contribution in [0, 0.1) is 13.8 Å². The zero-order valence-corrected chi connectivity index (χ0v) is 14.3. The molecule has 25 heavy (non-hydrogen) atoms. The molecule has 0 fully saturated rings. The van der Waals surface area contributed by atoms with Crippen molar-refractivity contribution in [2.75, 3.05) is 0 Å². The van der Waals surface area contributed by atoms with Crippen molar-refractivity contribution in [3.05, 3.63) is 57.6 Å². The van der Waals surface area contributed by atoms with E-state index in [1.807, 2.05) is 17.6 Å². The maximum Gasteiger partial charge on any atom is 0.417 e. The van der Waals surface area contributed by atoms with E-state index in [1.165, 1.54) is 0 Å². The lowest BCUT2D eigenvalue weighted by atomic mass is 10.1. The Morgan fingerprint density at radius 3 is 2.52 bits per heavy atom. The monoisotopic (exact) mass is 369 g/mol. The number of benzene rings is 1. The van der Waals surface area contributed by atoms with Crippen LogP contribution >= 0.6 is 11.6 Å². The summed E-state index contributed by atoms with van der Waals surface area (Å²) in [5, 5.41) is 9.34. The van der Waals surface area contributed by atoms with Crippen molar-refractivity contribution in [3.8, 4) is 0 Å².